The second-order valence-electron chi connectivity index (χ2n) is 8.89. The molecular formula is C23H26N2O3S. The van der Waals surface area contributed by atoms with Gasteiger partial charge < -0.3 is 4.98 Å². The monoisotopic (exact) mass is 410 g/mol. The maximum absolute atomic E-state index is 13.3. The van der Waals surface area contributed by atoms with E-state index in [0.717, 1.165) is 28.6 Å². The van der Waals surface area contributed by atoms with E-state index in [1.807, 2.05) is 25.1 Å². The van der Waals surface area contributed by atoms with E-state index in [1.54, 1.807) is 32.2 Å². The number of aromatic amines is 1. The fraction of sp³-hybridized carbons (Fsp3) is 0.348. The van der Waals surface area contributed by atoms with E-state index in [9.17, 15) is 13.2 Å². The van der Waals surface area contributed by atoms with Crippen LogP contribution in [0, 0.1) is 19.3 Å². The van der Waals surface area contributed by atoms with Crippen molar-refractivity contribution in [2.24, 2.45) is 5.41 Å². The molecule has 2 aromatic carbocycles. The van der Waals surface area contributed by atoms with Gasteiger partial charge in [-0.1, -0.05) is 31.5 Å². The zero-order valence-electron chi connectivity index (χ0n) is 17.5. The number of carbonyl (C=O) groups excluding carboxylic acids is 1. The minimum atomic E-state index is -3.74. The standard InChI is InChI=1S/C23H26N2O3S/c1-14-6-8-16(9-7-14)25(5)29(27,28)21-11-18-17(10-15(21)2)22-19(24-18)12-23(3,4)13-20(22)26/h6-11,24H,12-13H2,1-5H3. The topological polar surface area (TPSA) is 70.2 Å². The third-order valence-electron chi connectivity index (χ3n) is 5.78. The first-order chi connectivity index (χ1) is 13.5. The maximum Gasteiger partial charge on any atom is 0.264 e. The molecule has 1 heterocycles. The molecule has 0 aliphatic heterocycles. The Labute approximate surface area is 171 Å². The maximum atomic E-state index is 13.3. The van der Waals surface area contributed by atoms with Crippen LogP contribution in [0.4, 0.5) is 5.69 Å². The number of benzene rings is 2. The zero-order valence-corrected chi connectivity index (χ0v) is 18.3. The van der Waals surface area contributed by atoms with Gasteiger partial charge in [0.1, 0.15) is 0 Å². The van der Waals surface area contributed by atoms with Crippen LogP contribution >= 0.6 is 0 Å². The molecule has 0 radical (unpaired) electrons. The Kier molecular flexibility index (Phi) is 4.39. The third-order valence-corrected chi connectivity index (χ3v) is 7.71. The lowest BCUT2D eigenvalue weighted by atomic mass is 9.76. The van der Waals surface area contributed by atoms with Gasteiger partial charge in [0.05, 0.1) is 10.6 Å². The van der Waals surface area contributed by atoms with E-state index >= 15 is 0 Å². The third kappa shape index (κ3) is 3.25. The molecule has 0 fully saturated rings. The lowest BCUT2D eigenvalue weighted by molar-refractivity contribution is 0.0913. The molecule has 6 heteroatoms. The summed E-state index contributed by atoms with van der Waals surface area (Å²) in [6, 6.07) is 10.9. The number of hydrogen-bond donors (Lipinski definition) is 1. The van der Waals surface area contributed by atoms with Crippen molar-refractivity contribution in [1.82, 2.24) is 4.98 Å². The van der Waals surface area contributed by atoms with Gasteiger partial charge in [-0.2, -0.15) is 0 Å². The lowest BCUT2D eigenvalue weighted by Gasteiger charge is -2.28. The largest absolute Gasteiger partial charge is 0.358 e. The molecular weight excluding hydrogens is 384 g/mol. The molecule has 4 rings (SSSR count). The summed E-state index contributed by atoms with van der Waals surface area (Å²) in [6.07, 6.45) is 1.27. The molecule has 0 saturated heterocycles. The van der Waals surface area contributed by atoms with Crippen molar-refractivity contribution >= 4 is 32.4 Å². The van der Waals surface area contributed by atoms with E-state index in [-0.39, 0.29) is 16.1 Å². The van der Waals surface area contributed by atoms with Crippen molar-refractivity contribution in [3.63, 3.8) is 0 Å². The van der Waals surface area contributed by atoms with Gasteiger partial charge in [-0.05, 0) is 55.5 Å². The van der Waals surface area contributed by atoms with Gasteiger partial charge in [0.15, 0.2) is 5.78 Å². The summed E-state index contributed by atoms with van der Waals surface area (Å²) >= 11 is 0. The van der Waals surface area contributed by atoms with Crippen molar-refractivity contribution < 1.29 is 13.2 Å². The molecule has 29 heavy (non-hydrogen) atoms. The number of H-pyrrole nitrogens is 1. The van der Waals surface area contributed by atoms with E-state index in [4.69, 9.17) is 0 Å². The Morgan fingerprint density at radius 3 is 2.34 bits per heavy atom. The SMILES string of the molecule is Cc1ccc(N(C)S(=O)(=O)c2cc3[nH]c4c(c3cc2C)C(=O)CC(C)(C)C4)cc1. The van der Waals surface area contributed by atoms with E-state index in [1.165, 1.54) is 4.31 Å². The highest BCUT2D eigenvalue weighted by Crippen LogP contribution is 2.39. The highest BCUT2D eigenvalue weighted by atomic mass is 32.2. The minimum absolute atomic E-state index is 0.0967. The average molecular weight is 411 g/mol. The van der Waals surface area contributed by atoms with Crippen LogP contribution in [0.1, 0.15) is 47.4 Å². The van der Waals surface area contributed by atoms with Crippen molar-refractivity contribution in [2.75, 3.05) is 11.4 Å². The van der Waals surface area contributed by atoms with E-state index < -0.39 is 10.0 Å². The molecule has 1 N–H and O–H groups in total. The predicted octanol–water partition coefficient (Wildman–Crippen LogP) is 4.76. The number of Topliss-reactive ketones (excluding diaryl/α,β-unsaturated/α-hetero) is 1. The first kappa shape index (κ1) is 19.7. The quantitative estimate of drug-likeness (QED) is 0.676. The van der Waals surface area contributed by atoms with Crippen LogP contribution in [0.5, 0.6) is 0 Å². The normalized spacial score (nSPS) is 16.1. The molecule has 0 saturated carbocycles. The summed E-state index contributed by atoms with van der Waals surface area (Å²) < 4.78 is 28.0. The van der Waals surface area contributed by atoms with Crippen molar-refractivity contribution in [1.29, 1.82) is 0 Å². The second-order valence-corrected chi connectivity index (χ2v) is 10.8. The van der Waals surface area contributed by atoms with Crippen molar-refractivity contribution in [3.8, 4) is 0 Å². The number of aromatic nitrogens is 1. The van der Waals surface area contributed by atoms with E-state index in [2.05, 4.69) is 18.8 Å². The molecule has 1 aliphatic rings. The summed E-state index contributed by atoms with van der Waals surface area (Å²) in [5.41, 5.74) is 4.54. The summed E-state index contributed by atoms with van der Waals surface area (Å²) in [4.78, 5) is 16.3. The number of nitrogens with one attached hydrogen (secondary N) is 1. The number of fused-ring (bicyclic) bond motifs is 3. The van der Waals surface area contributed by atoms with Crippen LogP contribution in [-0.2, 0) is 16.4 Å². The first-order valence-electron chi connectivity index (χ1n) is 9.74. The molecule has 0 spiro atoms. The second kappa shape index (κ2) is 6.46. The fourth-order valence-corrected chi connectivity index (χ4v) is 5.65. The number of ketones is 1. The van der Waals surface area contributed by atoms with Gasteiger partial charge in [-0.3, -0.25) is 9.10 Å². The van der Waals surface area contributed by atoms with Gasteiger partial charge in [0.2, 0.25) is 0 Å². The van der Waals surface area contributed by atoms with Crippen LogP contribution in [0.15, 0.2) is 41.3 Å². The first-order valence-corrected chi connectivity index (χ1v) is 11.2. The Balaban J connectivity index is 1.84. The number of aryl methyl sites for hydroxylation is 2. The summed E-state index contributed by atoms with van der Waals surface area (Å²) in [5.74, 6) is 0.120. The Bertz CT molecular complexity index is 1240. The van der Waals surface area contributed by atoms with Gasteiger partial charge in [0, 0.05) is 35.6 Å². The minimum Gasteiger partial charge on any atom is -0.358 e. The number of sulfonamides is 1. The molecule has 1 aliphatic carbocycles. The van der Waals surface area contributed by atoms with Crippen LogP contribution < -0.4 is 4.31 Å². The average Bonchev–Trinajstić information content (AvgIpc) is 2.96. The number of rotatable bonds is 3. The van der Waals surface area contributed by atoms with Gasteiger partial charge in [0.25, 0.3) is 10.0 Å². The predicted molar refractivity (Wildman–Crippen MR) is 116 cm³/mol. The highest BCUT2D eigenvalue weighted by Gasteiger charge is 2.34. The molecule has 5 nitrogen and oxygen atoms in total. The summed E-state index contributed by atoms with van der Waals surface area (Å²) in [7, 11) is -2.17. The lowest BCUT2D eigenvalue weighted by Crippen LogP contribution is -2.27. The van der Waals surface area contributed by atoms with Crippen molar-refractivity contribution in [2.45, 2.75) is 45.4 Å². The Morgan fingerprint density at radius 1 is 1.03 bits per heavy atom. The smallest absolute Gasteiger partial charge is 0.264 e. The fourth-order valence-electron chi connectivity index (χ4n) is 4.22. The van der Waals surface area contributed by atoms with Gasteiger partial charge in [-0.15, -0.1) is 0 Å². The van der Waals surface area contributed by atoms with Gasteiger partial charge in [-0.25, -0.2) is 8.42 Å². The molecule has 1 aromatic heterocycles. The molecule has 152 valence electrons. The molecule has 0 unspecified atom stereocenters. The van der Waals surface area contributed by atoms with Crippen LogP contribution in [0.25, 0.3) is 10.9 Å². The van der Waals surface area contributed by atoms with E-state index in [0.29, 0.717) is 23.2 Å². The Hall–Kier alpha value is -2.60. The molecule has 0 atom stereocenters. The van der Waals surface area contributed by atoms with Gasteiger partial charge >= 0.3 is 0 Å². The number of anilines is 1. The van der Waals surface area contributed by atoms with Crippen molar-refractivity contribution in [3.05, 3.63) is 58.8 Å². The molecule has 0 bridgehead atoms. The zero-order chi connectivity index (χ0) is 21.1. The van der Waals surface area contributed by atoms with Crippen LogP contribution in [0.2, 0.25) is 0 Å². The summed E-state index contributed by atoms with van der Waals surface area (Å²) in [6.45, 7) is 7.91. The number of nitrogens with zero attached hydrogens (tertiary/aromatic N) is 1. The molecule has 0 amide bonds. The highest BCUT2D eigenvalue weighted by molar-refractivity contribution is 7.92. The Morgan fingerprint density at radius 2 is 1.69 bits per heavy atom. The summed E-state index contributed by atoms with van der Waals surface area (Å²) in [5, 5.41) is 0.815. The van der Waals surface area contributed by atoms with Crippen LogP contribution in [0.3, 0.4) is 0 Å². The number of carbonyl (C=O) groups is 1. The number of hydrogen-bond acceptors (Lipinski definition) is 3. The molecule has 3 aromatic rings. The van der Waals surface area contributed by atoms with Crippen LogP contribution in [-0.4, -0.2) is 26.2 Å².